The maximum atomic E-state index is 16.1. The molecule has 0 spiro atoms. The SMILES string of the molecule is C=CC(=O)N1CCN(c2nc(=O)n(-c3c(S(C)(=O)=O)ccnc3C3CCC3)c3nc(-c4ccccc4C(F)(F)F)c(F)cc23)[C@@H](C)C1. The van der Waals surface area contributed by atoms with Gasteiger partial charge in [0.15, 0.2) is 15.5 Å². The van der Waals surface area contributed by atoms with E-state index >= 15 is 4.39 Å². The first-order valence-electron chi connectivity index (χ1n) is 14.9. The van der Waals surface area contributed by atoms with E-state index in [0.29, 0.717) is 18.5 Å². The van der Waals surface area contributed by atoms with E-state index in [2.05, 4.69) is 21.5 Å². The highest BCUT2D eigenvalue weighted by Gasteiger charge is 2.36. The van der Waals surface area contributed by atoms with Crippen molar-refractivity contribution in [2.45, 2.75) is 49.2 Å². The Morgan fingerprint density at radius 1 is 1.11 bits per heavy atom. The Bertz CT molecular complexity index is 2100. The van der Waals surface area contributed by atoms with Gasteiger partial charge in [-0.1, -0.05) is 31.2 Å². The number of piperazine rings is 1. The largest absolute Gasteiger partial charge is 0.417 e. The summed E-state index contributed by atoms with van der Waals surface area (Å²) in [4.78, 5) is 42.6. The first-order valence-corrected chi connectivity index (χ1v) is 16.8. The molecule has 3 aromatic heterocycles. The van der Waals surface area contributed by atoms with Crippen molar-refractivity contribution in [2.24, 2.45) is 0 Å². The van der Waals surface area contributed by atoms with Crippen LogP contribution < -0.4 is 10.6 Å². The highest BCUT2D eigenvalue weighted by molar-refractivity contribution is 7.90. The zero-order valence-corrected chi connectivity index (χ0v) is 26.3. The molecule has 1 aliphatic carbocycles. The minimum Gasteiger partial charge on any atom is -0.350 e. The Kier molecular flexibility index (Phi) is 8.14. The van der Waals surface area contributed by atoms with Crippen molar-refractivity contribution in [1.29, 1.82) is 0 Å². The number of sulfone groups is 1. The summed E-state index contributed by atoms with van der Waals surface area (Å²) in [6, 6.07) is 6.13. The molecule has 1 atom stereocenters. The summed E-state index contributed by atoms with van der Waals surface area (Å²) in [5.74, 6) is -1.60. The summed E-state index contributed by atoms with van der Waals surface area (Å²) < 4.78 is 85.5. The third kappa shape index (κ3) is 5.77. The molecular weight excluding hydrogens is 640 g/mol. The Balaban J connectivity index is 1.69. The van der Waals surface area contributed by atoms with Gasteiger partial charge in [-0.3, -0.25) is 9.78 Å². The number of carbonyl (C=O) groups excluding carboxylic acids is 1. The highest BCUT2D eigenvalue weighted by Crippen LogP contribution is 2.42. The van der Waals surface area contributed by atoms with Crippen LogP contribution in [0, 0.1) is 5.82 Å². The average Bonchev–Trinajstić information content (AvgIpc) is 2.99. The molecule has 15 heteroatoms. The zero-order chi connectivity index (χ0) is 33.8. The van der Waals surface area contributed by atoms with Crippen LogP contribution in [-0.4, -0.2) is 70.7 Å². The van der Waals surface area contributed by atoms with Crippen LogP contribution >= 0.6 is 0 Å². The van der Waals surface area contributed by atoms with Crippen LogP contribution in [0.5, 0.6) is 0 Å². The van der Waals surface area contributed by atoms with E-state index in [1.807, 2.05) is 0 Å². The van der Waals surface area contributed by atoms with Crippen LogP contribution in [0.15, 0.2) is 64.9 Å². The molecule has 1 saturated heterocycles. The number of fused-ring (bicyclic) bond motifs is 1. The third-order valence-corrected chi connectivity index (χ3v) is 9.83. The number of carbonyl (C=O) groups is 1. The number of rotatable bonds is 6. The number of anilines is 1. The molecule has 10 nitrogen and oxygen atoms in total. The van der Waals surface area contributed by atoms with E-state index < -0.39 is 50.4 Å². The lowest BCUT2D eigenvalue weighted by atomic mass is 9.82. The zero-order valence-electron chi connectivity index (χ0n) is 25.5. The number of nitrogens with zero attached hydrogens (tertiary/aromatic N) is 6. The van der Waals surface area contributed by atoms with Crippen LogP contribution in [0.25, 0.3) is 28.0 Å². The number of halogens is 4. The fourth-order valence-electron chi connectivity index (χ4n) is 6.21. The predicted molar refractivity (Wildman–Crippen MR) is 167 cm³/mol. The monoisotopic (exact) mass is 670 g/mol. The number of hydrogen-bond donors (Lipinski definition) is 0. The summed E-state index contributed by atoms with van der Waals surface area (Å²) >= 11 is 0. The van der Waals surface area contributed by atoms with Crippen LogP contribution in [0.1, 0.15) is 43.4 Å². The van der Waals surface area contributed by atoms with Gasteiger partial charge < -0.3 is 9.80 Å². The molecule has 1 aliphatic heterocycles. The quantitative estimate of drug-likeness (QED) is 0.210. The minimum atomic E-state index is -4.86. The number of alkyl halides is 3. The number of pyridine rings is 2. The third-order valence-electron chi connectivity index (χ3n) is 8.71. The lowest BCUT2D eigenvalue weighted by molar-refractivity contribution is -0.137. The highest BCUT2D eigenvalue weighted by atomic mass is 32.2. The molecule has 6 rings (SSSR count). The Hall–Kier alpha value is -4.66. The molecule has 246 valence electrons. The number of amides is 1. The standard InChI is InChI=1S/C32H30F4N6O4S/c1-4-25(43)40-14-15-41(18(2)17-40)29-21-16-23(33)27(20-10-5-6-11-22(20)32(34,35)36)38-30(21)42(31(44)39-29)28-24(47(3,45)46)12-13-37-26(28)19-8-7-9-19/h4-6,10-13,16,18-19H,1,7-9,14-15,17H2,2-3H3/t18-/m0/s1. The summed E-state index contributed by atoms with van der Waals surface area (Å²) in [5.41, 5.74) is -3.46. The second-order valence-electron chi connectivity index (χ2n) is 11.8. The Morgan fingerprint density at radius 2 is 1.83 bits per heavy atom. The van der Waals surface area contributed by atoms with Crippen LogP contribution in [0.3, 0.4) is 0 Å². The fourth-order valence-corrected chi connectivity index (χ4v) is 7.06. The van der Waals surface area contributed by atoms with E-state index in [1.165, 1.54) is 30.5 Å². The Labute approximate surface area is 267 Å². The molecule has 4 aromatic rings. The second-order valence-corrected chi connectivity index (χ2v) is 13.7. The molecule has 0 unspecified atom stereocenters. The number of aromatic nitrogens is 4. The molecule has 2 aliphatic rings. The van der Waals surface area contributed by atoms with Crippen LogP contribution in [0.2, 0.25) is 0 Å². The summed E-state index contributed by atoms with van der Waals surface area (Å²) in [6.07, 6.45) is 0.809. The molecule has 1 aromatic carbocycles. The van der Waals surface area contributed by atoms with E-state index in [0.717, 1.165) is 35.4 Å². The Morgan fingerprint density at radius 3 is 2.45 bits per heavy atom. The van der Waals surface area contributed by atoms with Gasteiger partial charge in [-0.05, 0) is 44.0 Å². The predicted octanol–water partition coefficient (Wildman–Crippen LogP) is 4.89. The fraction of sp³-hybridized carbons (Fsp3) is 0.344. The van der Waals surface area contributed by atoms with E-state index in [1.54, 1.807) is 16.7 Å². The molecule has 0 bridgehead atoms. The normalized spacial score (nSPS) is 17.5. The number of benzene rings is 1. The summed E-state index contributed by atoms with van der Waals surface area (Å²) in [6.45, 7) is 5.92. The van der Waals surface area contributed by atoms with Gasteiger partial charge >= 0.3 is 11.9 Å². The van der Waals surface area contributed by atoms with Gasteiger partial charge in [-0.15, -0.1) is 0 Å². The van der Waals surface area contributed by atoms with Crippen molar-refractivity contribution >= 4 is 32.6 Å². The van der Waals surface area contributed by atoms with Crippen molar-refractivity contribution in [3.8, 4) is 16.9 Å². The van der Waals surface area contributed by atoms with E-state index in [9.17, 15) is 31.2 Å². The van der Waals surface area contributed by atoms with Crippen molar-refractivity contribution in [1.82, 2.24) is 24.4 Å². The molecule has 0 radical (unpaired) electrons. The molecule has 1 amide bonds. The average molecular weight is 671 g/mol. The topological polar surface area (TPSA) is 118 Å². The molecule has 2 fully saturated rings. The lowest BCUT2D eigenvalue weighted by Crippen LogP contribution is -2.54. The maximum Gasteiger partial charge on any atom is 0.417 e. The van der Waals surface area contributed by atoms with Crippen LogP contribution in [0.4, 0.5) is 23.4 Å². The summed E-state index contributed by atoms with van der Waals surface area (Å²) in [5, 5.41) is -0.0337. The minimum absolute atomic E-state index is 0.00324. The molecule has 1 saturated carbocycles. The van der Waals surface area contributed by atoms with Crippen molar-refractivity contribution in [3.63, 3.8) is 0 Å². The molecule has 4 heterocycles. The van der Waals surface area contributed by atoms with Gasteiger partial charge in [0, 0.05) is 49.6 Å². The van der Waals surface area contributed by atoms with Crippen molar-refractivity contribution in [2.75, 3.05) is 30.8 Å². The molecule has 0 N–H and O–H groups in total. The van der Waals surface area contributed by atoms with Gasteiger partial charge in [0.05, 0.1) is 27.2 Å². The van der Waals surface area contributed by atoms with Gasteiger partial charge in [0.25, 0.3) is 0 Å². The summed E-state index contributed by atoms with van der Waals surface area (Å²) in [7, 11) is -3.99. The number of hydrogen-bond acceptors (Lipinski definition) is 8. The van der Waals surface area contributed by atoms with Crippen molar-refractivity contribution in [3.05, 3.63) is 82.8 Å². The van der Waals surface area contributed by atoms with Crippen LogP contribution in [-0.2, 0) is 20.8 Å². The first-order chi connectivity index (χ1) is 22.2. The first kappa shape index (κ1) is 32.3. The second kappa shape index (κ2) is 11.9. The van der Waals surface area contributed by atoms with E-state index in [4.69, 9.17) is 0 Å². The molecular formula is C32H30F4N6O4S. The maximum absolute atomic E-state index is 16.1. The van der Waals surface area contributed by atoms with Crippen molar-refractivity contribution < 1.29 is 30.8 Å². The van der Waals surface area contributed by atoms with Gasteiger partial charge in [0.1, 0.15) is 17.3 Å². The smallest absolute Gasteiger partial charge is 0.350 e. The van der Waals surface area contributed by atoms with Gasteiger partial charge in [0.2, 0.25) is 5.91 Å². The molecule has 47 heavy (non-hydrogen) atoms. The van der Waals surface area contributed by atoms with Gasteiger partial charge in [-0.25, -0.2) is 27.2 Å². The van der Waals surface area contributed by atoms with Gasteiger partial charge in [-0.2, -0.15) is 18.2 Å². The van der Waals surface area contributed by atoms with E-state index in [-0.39, 0.29) is 58.9 Å². The lowest BCUT2D eigenvalue weighted by Gasteiger charge is -2.40.